The summed E-state index contributed by atoms with van der Waals surface area (Å²) in [7, 11) is 0. The molecule has 18 heavy (non-hydrogen) atoms. The number of rotatable bonds is 4. The van der Waals surface area contributed by atoms with Gasteiger partial charge in [0.25, 0.3) is 0 Å². The molecule has 1 aromatic carbocycles. The van der Waals surface area contributed by atoms with E-state index in [2.05, 4.69) is 10.6 Å². The van der Waals surface area contributed by atoms with E-state index in [9.17, 15) is 14.4 Å². The SMILES string of the molecule is CC(=O)c1ccc(NC(=O)C(=O)NCCCl)cc1. The fraction of sp³-hybridized carbons (Fsp3) is 0.250. The summed E-state index contributed by atoms with van der Waals surface area (Å²) in [5, 5.41) is 4.76. The molecule has 0 aliphatic carbocycles. The minimum atomic E-state index is -0.768. The number of hydrogen-bond donors (Lipinski definition) is 2. The second-order valence-electron chi connectivity index (χ2n) is 3.53. The Morgan fingerprint density at radius 3 is 2.22 bits per heavy atom. The molecule has 0 aliphatic rings. The van der Waals surface area contributed by atoms with Crippen LogP contribution in [0.25, 0.3) is 0 Å². The Labute approximate surface area is 110 Å². The van der Waals surface area contributed by atoms with Crippen LogP contribution in [0.1, 0.15) is 17.3 Å². The molecule has 2 N–H and O–H groups in total. The van der Waals surface area contributed by atoms with Crippen molar-refractivity contribution >= 4 is 34.9 Å². The summed E-state index contributed by atoms with van der Waals surface area (Å²) >= 11 is 5.38. The maximum atomic E-state index is 11.4. The van der Waals surface area contributed by atoms with Gasteiger partial charge in [-0.3, -0.25) is 14.4 Å². The van der Waals surface area contributed by atoms with Crippen molar-refractivity contribution in [3.63, 3.8) is 0 Å². The number of carbonyl (C=O) groups is 3. The Bertz CT molecular complexity index is 457. The summed E-state index contributed by atoms with van der Waals surface area (Å²) < 4.78 is 0. The fourth-order valence-electron chi connectivity index (χ4n) is 1.22. The largest absolute Gasteiger partial charge is 0.347 e. The third kappa shape index (κ3) is 4.18. The van der Waals surface area contributed by atoms with Crippen LogP contribution < -0.4 is 10.6 Å². The molecule has 0 bridgehead atoms. The molecule has 0 saturated carbocycles. The molecule has 2 amide bonds. The predicted octanol–water partition coefficient (Wildman–Crippen LogP) is 1.18. The van der Waals surface area contributed by atoms with Crippen LogP contribution in [0, 0.1) is 0 Å². The van der Waals surface area contributed by atoms with Gasteiger partial charge in [0.05, 0.1) is 0 Å². The summed E-state index contributed by atoms with van der Waals surface area (Å²) in [6.07, 6.45) is 0. The highest BCUT2D eigenvalue weighted by Crippen LogP contribution is 2.09. The van der Waals surface area contributed by atoms with E-state index in [1.54, 1.807) is 24.3 Å². The minimum absolute atomic E-state index is 0.0623. The summed E-state index contributed by atoms with van der Waals surface area (Å²) in [5.74, 6) is -1.33. The molecule has 0 unspecified atom stereocenters. The molecule has 0 aliphatic heterocycles. The third-order valence-corrected chi connectivity index (χ3v) is 2.32. The summed E-state index contributed by atoms with van der Waals surface area (Å²) in [4.78, 5) is 33.7. The molecule has 0 radical (unpaired) electrons. The zero-order valence-corrected chi connectivity index (χ0v) is 10.6. The van der Waals surface area contributed by atoms with Crippen molar-refractivity contribution < 1.29 is 14.4 Å². The van der Waals surface area contributed by atoms with E-state index < -0.39 is 11.8 Å². The first-order chi connectivity index (χ1) is 8.54. The Hall–Kier alpha value is -1.88. The van der Waals surface area contributed by atoms with E-state index in [1.807, 2.05) is 0 Å². The average molecular weight is 269 g/mol. The number of anilines is 1. The van der Waals surface area contributed by atoms with E-state index in [0.29, 0.717) is 11.3 Å². The number of nitrogens with one attached hydrogen (secondary N) is 2. The monoisotopic (exact) mass is 268 g/mol. The third-order valence-electron chi connectivity index (χ3n) is 2.14. The summed E-state index contributed by atoms with van der Waals surface area (Å²) in [6, 6.07) is 6.27. The average Bonchev–Trinajstić information content (AvgIpc) is 2.36. The number of amides is 2. The molecule has 1 aromatic rings. The lowest BCUT2D eigenvalue weighted by Gasteiger charge is -2.05. The Kier molecular flexibility index (Phi) is 5.32. The zero-order chi connectivity index (χ0) is 13.5. The van der Waals surface area contributed by atoms with Gasteiger partial charge in [0, 0.05) is 23.7 Å². The molecule has 0 spiro atoms. The smallest absolute Gasteiger partial charge is 0.313 e. The number of benzene rings is 1. The second kappa shape index (κ2) is 6.76. The van der Waals surface area contributed by atoms with Gasteiger partial charge in [-0.15, -0.1) is 11.6 Å². The van der Waals surface area contributed by atoms with Gasteiger partial charge in [0.1, 0.15) is 0 Å². The summed E-state index contributed by atoms with van der Waals surface area (Å²) in [6.45, 7) is 1.68. The molecule has 0 heterocycles. The number of carbonyl (C=O) groups excluding carboxylic acids is 3. The van der Waals surface area contributed by atoms with E-state index in [1.165, 1.54) is 6.92 Å². The molecule has 0 aromatic heterocycles. The van der Waals surface area contributed by atoms with E-state index in [0.717, 1.165) is 0 Å². The van der Waals surface area contributed by atoms with Crippen LogP contribution in [0.2, 0.25) is 0 Å². The van der Waals surface area contributed by atoms with Crippen molar-refractivity contribution in [2.75, 3.05) is 17.7 Å². The lowest BCUT2D eigenvalue weighted by Crippen LogP contribution is -2.36. The number of halogens is 1. The molecule has 96 valence electrons. The summed E-state index contributed by atoms with van der Waals surface area (Å²) in [5.41, 5.74) is 0.991. The standard InChI is InChI=1S/C12H13ClN2O3/c1-8(16)9-2-4-10(5-3-9)15-12(18)11(17)14-7-6-13/h2-5H,6-7H2,1H3,(H,14,17)(H,15,18). The van der Waals surface area contributed by atoms with Crippen LogP contribution in [-0.4, -0.2) is 30.0 Å². The first-order valence-corrected chi connectivity index (χ1v) is 5.84. The van der Waals surface area contributed by atoms with Gasteiger partial charge < -0.3 is 10.6 Å². The highest BCUT2D eigenvalue weighted by molar-refractivity contribution is 6.39. The van der Waals surface area contributed by atoms with Crippen molar-refractivity contribution in [2.45, 2.75) is 6.92 Å². The molecule has 0 fully saturated rings. The van der Waals surface area contributed by atoms with Crippen molar-refractivity contribution in [3.8, 4) is 0 Å². The molecule has 6 heteroatoms. The molecule has 5 nitrogen and oxygen atoms in total. The fourth-order valence-corrected chi connectivity index (χ4v) is 1.31. The number of ketones is 1. The van der Waals surface area contributed by atoms with Gasteiger partial charge in [-0.2, -0.15) is 0 Å². The second-order valence-corrected chi connectivity index (χ2v) is 3.91. The Balaban J connectivity index is 2.59. The van der Waals surface area contributed by atoms with Gasteiger partial charge in [-0.1, -0.05) is 0 Å². The zero-order valence-electron chi connectivity index (χ0n) is 9.83. The number of Topliss-reactive ketones (excluding diaryl/α,β-unsaturated/α-hetero) is 1. The van der Waals surface area contributed by atoms with Gasteiger partial charge >= 0.3 is 11.8 Å². The molecule has 0 saturated heterocycles. The van der Waals surface area contributed by atoms with Gasteiger partial charge in [-0.25, -0.2) is 0 Å². The first-order valence-electron chi connectivity index (χ1n) is 5.30. The predicted molar refractivity (Wildman–Crippen MR) is 68.8 cm³/mol. The maximum absolute atomic E-state index is 11.4. The highest BCUT2D eigenvalue weighted by Gasteiger charge is 2.12. The quantitative estimate of drug-likeness (QED) is 0.489. The topological polar surface area (TPSA) is 75.3 Å². The number of hydrogen-bond acceptors (Lipinski definition) is 3. The van der Waals surface area contributed by atoms with Crippen LogP contribution in [0.15, 0.2) is 24.3 Å². The lowest BCUT2D eigenvalue weighted by molar-refractivity contribution is -0.136. The Morgan fingerprint density at radius 2 is 1.72 bits per heavy atom. The van der Waals surface area contributed by atoms with Crippen LogP contribution in [0.4, 0.5) is 5.69 Å². The van der Waals surface area contributed by atoms with Crippen molar-refractivity contribution in [1.29, 1.82) is 0 Å². The van der Waals surface area contributed by atoms with E-state index in [4.69, 9.17) is 11.6 Å². The van der Waals surface area contributed by atoms with Gasteiger partial charge in [0.2, 0.25) is 0 Å². The molecule has 0 atom stereocenters. The molecular weight excluding hydrogens is 256 g/mol. The van der Waals surface area contributed by atoms with Crippen molar-refractivity contribution in [1.82, 2.24) is 5.32 Å². The van der Waals surface area contributed by atoms with Crippen LogP contribution in [-0.2, 0) is 9.59 Å². The molecular formula is C12H13ClN2O3. The number of alkyl halides is 1. The molecule has 1 rings (SSSR count). The normalized spacial score (nSPS) is 9.67. The van der Waals surface area contributed by atoms with E-state index >= 15 is 0 Å². The van der Waals surface area contributed by atoms with Gasteiger partial charge in [0.15, 0.2) is 5.78 Å². The highest BCUT2D eigenvalue weighted by atomic mass is 35.5. The van der Waals surface area contributed by atoms with E-state index in [-0.39, 0.29) is 18.2 Å². The lowest BCUT2D eigenvalue weighted by atomic mass is 10.1. The minimum Gasteiger partial charge on any atom is -0.347 e. The maximum Gasteiger partial charge on any atom is 0.313 e. The van der Waals surface area contributed by atoms with Gasteiger partial charge in [-0.05, 0) is 31.2 Å². The van der Waals surface area contributed by atoms with Crippen molar-refractivity contribution in [2.24, 2.45) is 0 Å². The van der Waals surface area contributed by atoms with Crippen LogP contribution >= 0.6 is 11.6 Å². The van der Waals surface area contributed by atoms with Crippen LogP contribution in [0.3, 0.4) is 0 Å². The first kappa shape index (κ1) is 14.2. The Morgan fingerprint density at radius 1 is 1.11 bits per heavy atom. The van der Waals surface area contributed by atoms with Crippen LogP contribution in [0.5, 0.6) is 0 Å². The van der Waals surface area contributed by atoms with Crippen molar-refractivity contribution in [3.05, 3.63) is 29.8 Å².